The normalized spacial score (nSPS) is 18.8. The molecule has 1 fully saturated rings. The lowest BCUT2D eigenvalue weighted by Crippen LogP contribution is -2.18. The lowest BCUT2D eigenvalue weighted by molar-refractivity contribution is -0.117. The summed E-state index contributed by atoms with van der Waals surface area (Å²) in [6, 6.07) is 14.2. The van der Waals surface area contributed by atoms with Crippen LogP contribution in [0.25, 0.3) is 0 Å². The van der Waals surface area contributed by atoms with E-state index >= 15 is 0 Å². The smallest absolute Gasteiger partial charge is 0.229 e. The summed E-state index contributed by atoms with van der Waals surface area (Å²) in [6.45, 7) is 2.71. The number of carbonyl (C=O) groups is 1. The fraction of sp³-hybridized carbons (Fsp3) is 0.250. The zero-order valence-corrected chi connectivity index (χ0v) is 14.1. The first-order valence-corrected chi connectivity index (χ1v) is 8.49. The van der Waals surface area contributed by atoms with E-state index in [0.29, 0.717) is 12.5 Å². The number of rotatable bonds is 5. The van der Waals surface area contributed by atoms with Crippen LogP contribution in [0.15, 0.2) is 61.1 Å². The van der Waals surface area contributed by atoms with Gasteiger partial charge in [-0.25, -0.2) is 4.68 Å². The third-order valence-electron chi connectivity index (χ3n) is 4.68. The summed E-state index contributed by atoms with van der Waals surface area (Å²) in [4.78, 5) is 16.6. The topological polar surface area (TPSA) is 59.8 Å². The van der Waals surface area contributed by atoms with Gasteiger partial charge in [0.1, 0.15) is 5.82 Å². The maximum absolute atomic E-state index is 12.5. The zero-order chi connectivity index (χ0) is 17.2. The van der Waals surface area contributed by atoms with E-state index in [1.54, 1.807) is 18.6 Å². The first-order valence-electron chi connectivity index (χ1n) is 8.49. The Hall–Kier alpha value is -2.95. The Morgan fingerprint density at radius 3 is 2.64 bits per heavy atom. The van der Waals surface area contributed by atoms with Crippen LogP contribution < -0.4 is 5.32 Å². The number of nitrogens with zero attached hydrogens (tertiary/aromatic N) is 3. The number of aromatic nitrogens is 3. The van der Waals surface area contributed by atoms with Gasteiger partial charge in [0.25, 0.3) is 0 Å². The Morgan fingerprint density at radius 1 is 1.12 bits per heavy atom. The molecule has 126 valence electrons. The molecule has 0 saturated heterocycles. The summed E-state index contributed by atoms with van der Waals surface area (Å²) in [5.74, 6) is 1.14. The van der Waals surface area contributed by atoms with Crippen molar-refractivity contribution >= 4 is 11.7 Å². The van der Waals surface area contributed by atoms with Gasteiger partial charge in [-0.2, -0.15) is 5.10 Å². The van der Waals surface area contributed by atoms with Crippen LogP contribution in [-0.4, -0.2) is 20.7 Å². The molecule has 25 heavy (non-hydrogen) atoms. The fourth-order valence-corrected chi connectivity index (χ4v) is 3.11. The van der Waals surface area contributed by atoms with Crippen molar-refractivity contribution in [3.63, 3.8) is 0 Å². The van der Waals surface area contributed by atoms with Gasteiger partial charge in [-0.05, 0) is 42.5 Å². The minimum atomic E-state index is 0.0325. The van der Waals surface area contributed by atoms with Crippen molar-refractivity contribution < 1.29 is 4.79 Å². The molecule has 2 atom stereocenters. The number of pyridine rings is 1. The molecule has 1 aromatic carbocycles. The molecular formula is C20H20N4O. The Morgan fingerprint density at radius 2 is 1.88 bits per heavy atom. The number of hydrogen-bond acceptors (Lipinski definition) is 3. The Labute approximate surface area is 146 Å². The molecule has 0 aliphatic heterocycles. The number of hydrogen-bond donors (Lipinski definition) is 1. The number of benzene rings is 1. The molecule has 0 spiro atoms. The van der Waals surface area contributed by atoms with Gasteiger partial charge in [-0.3, -0.25) is 9.78 Å². The van der Waals surface area contributed by atoms with Gasteiger partial charge in [0, 0.05) is 24.4 Å². The van der Waals surface area contributed by atoms with Gasteiger partial charge in [0.15, 0.2) is 0 Å². The molecule has 1 amide bonds. The highest BCUT2D eigenvalue weighted by atomic mass is 16.2. The van der Waals surface area contributed by atoms with Gasteiger partial charge in [0.05, 0.1) is 12.7 Å². The number of carbonyl (C=O) groups excluding carboxylic acids is 1. The molecule has 5 nitrogen and oxygen atoms in total. The number of anilines is 1. The molecule has 0 radical (unpaired) electrons. The maximum Gasteiger partial charge on any atom is 0.229 e. The quantitative estimate of drug-likeness (QED) is 0.779. The standard InChI is InChI=1S/C20H20N4O/c1-14-2-4-15(5-3-14)13-24-19(8-11-22-24)23-20(25)18-12-17(18)16-6-9-21-10-7-16/h2-11,17-18H,12-13H2,1H3,(H,23,25)/t17-,18+/m0/s1. The van der Waals surface area contributed by atoms with E-state index in [0.717, 1.165) is 17.8 Å². The highest BCUT2D eigenvalue weighted by Gasteiger charge is 2.44. The monoisotopic (exact) mass is 332 g/mol. The Kier molecular flexibility index (Phi) is 4.06. The molecule has 0 unspecified atom stereocenters. The molecule has 1 aliphatic carbocycles. The van der Waals surface area contributed by atoms with Crippen molar-refractivity contribution in [1.29, 1.82) is 0 Å². The molecule has 2 aromatic heterocycles. The summed E-state index contributed by atoms with van der Waals surface area (Å²) in [5, 5.41) is 7.37. The second kappa shape index (κ2) is 6.51. The molecule has 1 saturated carbocycles. The number of amides is 1. The predicted octanol–water partition coefficient (Wildman–Crippen LogP) is 3.38. The van der Waals surface area contributed by atoms with Crippen LogP contribution in [0.2, 0.25) is 0 Å². The summed E-state index contributed by atoms with van der Waals surface area (Å²) in [5.41, 5.74) is 3.57. The van der Waals surface area contributed by atoms with Gasteiger partial charge in [-0.15, -0.1) is 0 Å². The van der Waals surface area contributed by atoms with E-state index in [1.807, 2.05) is 22.9 Å². The average Bonchev–Trinajstić information content (AvgIpc) is 3.33. The van der Waals surface area contributed by atoms with Crippen molar-refractivity contribution in [3.8, 4) is 0 Å². The van der Waals surface area contributed by atoms with Crippen LogP contribution in [0.3, 0.4) is 0 Å². The van der Waals surface area contributed by atoms with E-state index in [1.165, 1.54) is 11.1 Å². The van der Waals surface area contributed by atoms with Crippen molar-refractivity contribution in [3.05, 3.63) is 77.7 Å². The molecule has 4 rings (SSSR count). The van der Waals surface area contributed by atoms with Crippen LogP contribution in [0.1, 0.15) is 29.0 Å². The molecule has 3 aromatic rings. The average molecular weight is 332 g/mol. The maximum atomic E-state index is 12.5. The van der Waals surface area contributed by atoms with Gasteiger partial charge >= 0.3 is 0 Å². The second-order valence-electron chi connectivity index (χ2n) is 6.58. The van der Waals surface area contributed by atoms with Crippen LogP contribution >= 0.6 is 0 Å². The summed E-state index contributed by atoms with van der Waals surface area (Å²) in [6.07, 6.45) is 6.16. The van der Waals surface area contributed by atoms with E-state index in [2.05, 4.69) is 46.6 Å². The van der Waals surface area contributed by atoms with Gasteiger partial charge < -0.3 is 5.32 Å². The molecule has 1 aliphatic rings. The molecule has 2 heterocycles. The highest BCUT2D eigenvalue weighted by Crippen LogP contribution is 2.47. The van der Waals surface area contributed by atoms with Crippen LogP contribution in [0.4, 0.5) is 5.82 Å². The lowest BCUT2D eigenvalue weighted by Gasteiger charge is -2.09. The third kappa shape index (κ3) is 3.45. The lowest BCUT2D eigenvalue weighted by atomic mass is 10.1. The van der Waals surface area contributed by atoms with E-state index in [-0.39, 0.29) is 11.8 Å². The first-order chi connectivity index (χ1) is 12.2. The summed E-state index contributed by atoms with van der Waals surface area (Å²) in [7, 11) is 0. The van der Waals surface area contributed by atoms with Gasteiger partial charge in [-0.1, -0.05) is 29.8 Å². The first kappa shape index (κ1) is 15.6. The van der Waals surface area contributed by atoms with Crippen LogP contribution in [0, 0.1) is 12.8 Å². The predicted molar refractivity (Wildman–Crippen MR) is 96.2 cm³/mol. The Balaban J connectivity index is 1.41. The van der Waals surface area contributed by atoms with Crippen molar-refractivity contribution in [2.24, 2.45) is 5.92 Å². The van der Waals surface area contributed by atoms with Gasteiger partial charge in [0.2, 0.25) is 5.91 Å². The molecule has 5 heteroatoms. The Bertz CT molecular complexity index is 870. The van der Waals surface area contributed by atoms with Crippen molar-refractivity contribution in [2.75, 3.05) is 5.32 Å². The largest absolute Gasteiger partial charge is 0.311 e. The van der Waals surface area contributed by atoms with E-state index in [4.69, 9.17) is 0 Å². The minimum Gasteiger partial charge on any atom is -0.311 e. The summed E-state index contributed by atoms with van der Waals surface area (Å²) >= 11 is 0. The third-order valence-corrected chi connectivity index (χ3v) is 4.68. The van der Waals surface area contributed by atoms with E-state index in [9.17, 15) is 4.79 Å². The zero-order valence-electron chi connectivity index (χ0n) is 14.1. The molecular weight excluding hydrogens is 312 g/mol. The second-order valence-corrected chi connectivity index (χ2v) is 6.58. The van der Waals surface area contributed by atoms with Crippen LogP contribution in [-0.2, 0) is 11.3 Å². The molecule has 0 bridgehead atoms. The van der Waals surface area contributed by atoms with Crippen LogP contribution in [0.5, 0.6) is 0 Å². The van der Waals surface area contributed by atoms with Crippen molar-refractivity contribution in [2.45, 2.75) is 25.8 Å². The number of aryl methyl sites for hydroxylation is 1. The van der Waals surface area contributed by atoms with Crippen molar-refractivity contribution in [1.82, 2.24) is 14.8 Å². The SMILES string of the molecule is Cc1ccc(Cn2nccc2NC(=O)[C@@H]2C[C@H]2c2ccncc2)cc1. The summed E-state index contributed by atoms with van der Waals surface area (Å²) < 4.78 is 1.83. The fourth-order valence-electron chi connectivity index (χ4n) is 3.11. The van der Waals surface area contributed by atoms with E-state index < -0.39 is 0 Å². The minimum absolute atomic E-state index is 0.0325. The number of nitrogens with one attached hydrogen (secondary N) is 1. The molecule has 1 N–H and O–H groups in total. The highest BCUT2D eigenvalue weighted by molar-refractivity contribution is 5.94.